The zero-order chi connectivity index (χ0) is 18.8. The number of aromatic nitrogens is 1. The van der Waals surface area contributed by atoms with Crippen molar-refractivity contribution >= 4 is 23.1 Å². The van der Waals surface area contributed by atoms with Gasteiger partial charge in [0.05, 0.1) is 5.56 Å². The molecule has 0 bridgehead atoms. The number of rotatable bonds is 4. The predicted octanol–water partition coefficient (Wildman–Crippen LogP) is 4.28. The SMILES string of the molecule is O=C(/C=C/c1nc2ccccc2o1)OCc1c(F)c(F)c(F)c(F)c1F. The summed E-state index contributed by atoms with van der Waals surface area (Å²) in [4.78, 5) is 15.6. The number of ether oxygens (including phenoxy) is 1. The molecule has 0 aliphatic carbocycles. The number of oxazole rings is 1. The smallest absolute Gasteiger partial charge is 0.331 e. The van der Waals surface area contributed by atoms with Gasteiger partial charge in [0.15, 0.2) is 28.9 Å². The average molecular weight is 369 g/mol. The van der Waals surface area contributed by atoms with Gasteiger partial charge in [0, 0.05) is 12.2 Å². The highest BCUT2D eigenvalue weighted by molar-refractivity contribution is 5.86. The third-order valence-corrected chi connectivity index (χ3v) is 3.33. The molecular formula is C17H8F5NO3. The molecule has 2 aromatic carbocycles. The summed E-state index contributed by atoms with van der Waals surface area (Å²) < 4.78 is 75.8. The molecule has 0 saturated heterocycles. The maximum absolute atomic E-state index is 13.5. The van der Waals surface area contributed by atoms with Gasteiger partial charge in [-0.15, -0.1) is 0 Å². The van der Waals surface area contributed by atoms with Crippen molar-refractivity contribution in [1.82, 2.24) is 4.98 Å². The molecule has 4 nitrogen and oxygen atoms in total. The highest BCUT2D eigenvalue weighted by Crippen LogP contribution is 2.23. The standard InChI is InChI=1S/C17H8F5NO3/c18-13-8(14(19)16(21)17(22)15(13)20)7-25-12(24)6-5-11-23-9-3-1-2-4-10(9)26-11/h1-6H,7H2/b6-5+. The Morgan fingerprint density at radius 1 is 1.00 bits per heavy atom. The molecule has 0 atom stereocenters. The predicted molar refractivity (Wildman–Crippen MR) is 79.1 cm³/mol. The molecule has 0 aliphatic heterocycles. The first-order chi connectivity index (χ1) is 12.4. The summed E-state index contributed by atoms with van der Waals surface area (Å²) in [6.45, 7) is -1.14. The molecule has 0 radical (unpaired) electrons. The van der Waals surface area contributed by atoms with Gasteiger partial charge < -0.3 is 9.15 Å². The molecule has 0 fully saturated rings. The van der Waals surface area contributed by atoms with Gasteiger partial charge in [0.2, 0.25) is 11.7 Å². The Bertz CT molecular complexity index is 967. The van der Waals surface area contributed by atoms with Crippen LogP contribution in [-0.4, -0.2) is 11.0 Å². The minimum atomic E-state index is -2.29. The molecule has 0 saturated carbocycles. The van der Waals surface area contributed by atoms with E-state index in [0.29, 0.717) is 11.1 Å². The van der Waals surface area contributed by atoms with Crippen LogP contribution >= 0.6 is 0 Å². The van der Waals surface area contributed by atoms with Crippen molar-refractivity contribution in [2.45, 2.75) is 6.61 Å². The minimum Gasteiger partial charge on any atom is -0.457 e. The Kier molecular flexibility index (Phi) is 4.70. The maximum Gasteiger partial charge on any atom is 0.331 e. The Morgan fingerprint density at radius 2 is 1.62 bits per heavy atom. The van der Waals surface area contributed by atoms with Gasteiger partial charge >= 0.3 is 5.97 Å². The van der Waals surface area contributed by atoms with Crippen LogP contribution in [0.2, 0.25) is 0 Å². The number of benzene rings is 2. The van der Waals surface area contributed by atoms with E-state index in [9.17, 15) is 26.7 Å². The molecule has 134 valence electrons. The van der Waals surface area contributed by atoms with Crippen molar-refractivity contribution in [2.24, 2.45) is 0 Å². The molecule has 26 heavy (non-hydrogen) atoms. The second-order valence-corrected chi connectivity index (χ2v) is 5.01. The topological polar surface area (TPSA) is 52.3 Å². The van der Waals surface area contributed by atoms with E-state index in [1.807, 2.05) is 0 Å². The highest BCUT2D eigenvalue weighted by atomic mass is 19.2. The number of para-hydroxylation sites is 2. The van der Waals surface area contributed by atoms with Crippen molar-refractivity contribution < 1.29 is 35.9 Å². The Morgan fingerprint density at radius 3 is 2.27 bits per heavy atom. The first-order valence-electron chi connectivity index (χ1n) is 7.09. The van der Waals surface area contributed by atoms with Gasteiger partial charge in [-0.3, -0.25) is 0 Å². The third kappa shape index (κ3) is 3.28. The summed E-state index contributed by atoms with van der Waals surface area (Å²) in [5.74, 6) is -11.6. The maximum atomic E-state index is 13.5. The first kappa shape index (κ1) is 17.6. The molecule has 0 spiro atoms. The Balaban J connectivity index is 1.71. The number of hydrogen-bond donors (Lipinski definition) is 0. The van der Waals surface area contributed by atoms with Crippen LogP contribution in [0.15, 0.2) is 34.8 Å². The van der Waals surface area contributed by atoms with Crippen LogP contribution in [0.5, 0.6) is 0 Å². The van der Waals surface area contributed by atoms with Gasteiger partial charge in [-0.25, -0.2) is 31.7 Å². The molecular weight excluding hydrogens is 361 g/mol. The van der Waals surface area contributed by atoms with Crippen LogP contribution in [0.3, 0.4) is 0 Å². The van der Waals surface area contributed by atoms with Crippen molar-refractivity contribution in [1.29, 1.82) is 0 Å². The van der Waals surface area contributed by atoms with E-state index in [1.165, 1.54) is 0 Å². The largest absolute Gasteiger partial charge is 0.457 e. The van der Waals surface area contributed by atoms with Crippen molar-refractivity contribution in [2.75, 3.05) is 0 Å². The summed E-state index contributed by atoms with van der Waals surface area (Å²) in [6.07, 6.45) is 1.98. The second kappa shape index (κ2) is 6.95. The molecule has 1 aromatic heterocycles. The van der Waals surface area contributed by atoms with Crippen molar-refractivity contribution in [3.8, 4) is 0 Å². The first-order valence-corrected chi connectivity index (χ1v) is 7.09. The number of halogens is 5. The van der Waals surface area contributed by atoms with Crippen LogP contribution < -0.4 is 0 Å². The highest BCUT2D eigenvalue weighted by Gasteiger charge is 2.26. The summed E-state index contributed by atoms with van der Waals surface area (Å²) in [7, 11) is 0. The fraction of sp³-hybridized carbons (Fsp3) is 0.0588. The van der Waals surface area contributed by atoms with Crippen LogP contribution in [0.4, 0.5) is 22.0 Å². The number of carbonyl (C=O) groups excluding carboxylic acids is 1. The quantitative estimate of drug-likeness (QED) is 0.227. The van der Waals surface area contributed by atoms with E-state index < -0.39 is 47.2 Å². The molecule has 0 N–H and O–H groups in total. The van der Waals surface area contributed by atoms with Crippen molar-refractivity contribution in [3.05, 3.63) is 70.9 Å². The van der Waals surface area contributed by atoms with Crippen LogP contribution in [0.25, 0.3) is 17.2 Å². The van der Waals surface area contributed by atoms with E-state index in [1.54, 1.807) is 24.3 Å². The molecule has 0 unspecified atom stereocenters. The second-order valence-electron chi connectivity index (χ2n) is 5.01. The van der Waals surface area contributed by atoms with Crippen LogP contribution in [-0.2, 0) is 16.1 Å². The summed E-state index contributed by atoms with van der Waals surface area (Å²) in [5, 5.41) is 0. The summed E-state index contributed by atoms with van der Waals surface area (Å²) >= 11 is 0. The van der Waals surface area contributed by atoms with E-state index in [2.05, 4.69) is 9.72 Å². The molecule has 9 heteroatoms. The fourth-order valence-electron chi connectivity index (χ4n) is 2.07. The minimum absolute atomic E-state index is 0.0689. The Labute approximate surface area is 142 Å². The number of carbonyl (C=O) groups is 1. The lowest BCUT2D eigenvalue weighted by molar-refractivity contribution is -0.139. The lowest BCUT2D eigenvalue weighted by atomic mass is 10.2. The lowest BCUT2D eigenvalue weighted by Crippen LogP contribution is -2.10. The van der Waals surface area contributed by atoms with Crippen molar-refractivity contribution in [3.63, 3.8) is 0 Å². The molecule has 0 amide bonds. The van der Waals surface area contributed by atoms with E-state index in [4.69, 9.17) is 4.42 Å². The van der Waals surface area contributed by atoms with E-state index in [0.717, 1.165) is 12.2 Å². The van der Waals surface area contributed by atoms with Crippen LogP contribution in [0, 0.1) is 29.1 Å². The molecule has 3 aromatic rings. The zero-order valence-corrected chi connectivity index (χ0v) is 12.7. The number of esters is 1. The normalized spacial score (nSPS) is 11.4. The zero-order valence-electron chi connectivity index (χ0n) is 12.7. The monoisotopic (exact) mass is 369 g/mol. The van der Waals surface area contributed by atoms with E-state index in [-0.39, 0.29) is 5.89 Å². The van der Waals surface area contributed by atoms with E-state index >= 15 is 0 Å². The van der Waals surface area contributed by atoms with Crippen LogP contribution in [0.1, 0.15) is 11.5 Å². The number of nitrogens with zero attached hydrogens (tertiary/aromatic N) is 1. The summed E-state index contributed by atoms with van der Waals surface area (Å²) in [6, 6.07) is 6.79. The van der Waals surface area contributed by atoms with Gasteiger partial charge in [-0.1, -0.05) is 12.1 Å². The third-order valence-electron chi connectivity index (χ3n) is 3.33. The van der Waals surface area contributed by atoms with Gasteiger partial charge in [-0.05, 0) is 12.1 Å². The molecule has 1 heterocycles. The van der Waals surface area contributed by atoms with Gasteiger partial charge in [-0.2, -0.15) is 0 Å². The van der Waals surface area contributed by atoms with Gasteiger partial charge in [0.25, 0.3) is 0 Å². The number of fused-ring (bicyclic) bond motifs is 1. The fourth-order valence-corrected chi connectivity index (χ4v) is 2.07. The van der Waals surface area contributed by atoms with Gasteiger partial charge in [0.1, 0.15) is 12.1 Å². The lowest BCUT2D eigenvalue weighted by Gasteiger charge is -2.08. The molecule has 0 aliphatic rings. The average Bonchev–Trinajstić information content (AvgIpc) is 3.06. The molecule has 3 rings (SSSR count). The Hall–Kier alpha value is -3.23. The number of hydrogen-bond acceptors (Lipinski definition) is 4. The summed E-state index contributed by atoms with van der Waals surface area (Å²) in [5.41, 5.74) is -0.228.